The fourth-order valence-corrected chi connectivity index (χ4v) is 3.18. The smallest absolute Gasteiger partial charge is 0.00954 e. The maximum absolute atomic E-state index is 2.79. The molecule has 1 nitrogen and oxygen atoms in total. The SMILES string of the molecule is C1CCC(N2CC3CC3C2)CC1. The van der Waals surface area contributed by atoms with Gasteiger partial charge in [0.05, 0.1) is 0 Å². The zero-order chi connectivity index (χ0) is 7.97. The normalized spacial score (nSPS) is 43.0. The van der Waals surface area contributed by atoms with E-state index in [0.29, 0.717) is 0 Å². The molecule has 2 saturated carbocycles. The van der Waals surface area contributed by atoms with Gasteiger partial charge in [0, 0.05) is 19.1 Å². The van der Waals surface area contributed by atoms with Gasteiger partial charge in [0.15, 0.2) is 0 Å². The monoisotopic (exact) mass is 165 g/mol. The van der Waals surface area contributed by atoms with Crippen molar-refractivity contribution in [1.29, 1.82) is 0 Å². The molecule has 68 valence electrons. The highest BCUT2D eigenvalue weighted by Gasteiger charge is 2.46. The first-order valence-corrected chi connectivity index (χ1v) is 5.67. The third kappa shape index (κ3) is 1.19. The van der Waals surface area contributed by atoms with Crippen molar-refractivity contribution in [2.45, 2.75) is 44.6 Å². The van der Waals surface area contributed by atoms with Gasteiger partial charge in [-0.15, -0.1) is 0 Å². The molecule has 2 aliphatic carbocycles. The van der Waals surface area contributed by atoms with E-state index in [4.69, 9.17) is 0 Å². The average molecular weight is 165 g/mol. The fourth-order valence-electron chi connectivity index (χ4n) is 3.18. The molecule has 0 N–H and O–H groups in total. The number of hydrogen-bond acceptors (Lipinski definition) is 1. The van der Waals surface area contributed by atoms with Crippen molar-refractivity contribution >= 4 is 0 Å². The molecule has 0 radical (unpaired) electrons. The Morgan fingerprint density at radius 1 is 0.833 bits per heavy atom. The molecule has 1 aliphatic heterocycles. The molecule has 3 rings (SSSR count). The summed E-state index contributed by atoms with van der Waals surface area (Å²) < 4.78 is 0. The van der Waals surface area contributed by atoms with Crippen LogP contribution in [0, 0.1) is 11.8 Å². The highest BCUT2D eigenvalue weighted by Crippen LogP contribution is 2.46. The van der Waals surface area contributed by atoms with Crippen LogP contribution in [0.3, 0.4) is 0 Å². The van der Waals surface area contributed by atoms with Crippen molar-refractivity contribution in [3.05, 3.63) is 0 Å². The molecule has 1 heterocycles. The molecule has 0 aromatic heterocycles. The third-order valence-electron chi connectivity index (χ3n) is 4.10. The van der Waals surface area contributed by atoms with Gasteiger partial charge in [-0.05, 0) is 31.1 Å². The van der Waals surface area contributed by atoms with Crippen LogP contribution in [-0.2, 0) is 0 Å². The maximum Gasteiger partial charge on any atom is 0.00954 e. The van der Waals surface area contributed by atoms with Gasteiger partial charge in [-0.1, -0.05) is 19.3 Å². The van der Waals surface area contributed by atoms with Crippen LogP contribution in [0.2, 0.25) is 0 Å². The quantitative estimate of drug-likeness (QED) is 0.576. The summed E-state index contributed by atoms with van der Waals surface area (Å²) in [5.41, 5.74) is 0. The zero-order valence-electron chi connectivity index (χ0n) is 7.84. The van der Waals surface area contributed by atoms with Crippen molar-refractivity contribution in [3.63, 3.8) is 0 Å². The molecule has 0 aromatic rings. The van der Waals surface area contributed by atoms with E-state index in [9.17, 15) is 0 Å². The largest absolute Gasteiger partial charge is 0.300 e. The Balaban J connectivity index is 1.58. The van der Waals surface area contributed by atoms with E-state index in [1.54, 1.807) is 6.42 Å². The third-order valence-corrected chi connectivity index (χ3v) is 4.10. The summed E-state index contributed by atoms with van der Waals surface area (Å²) in [6.45, 7) is 2.91. The molecular weight excluding hydrogens is 146 g/mol. The van der Waals surface area contributed by atoms with Crippen molar-refractivity contribution in [3.8, 4) is 0 Å². The van der Waals surface area contributed by atoms with E-state index >= 15 is 0 Å². The van der Waals surface area contributed by atoms with Crippen molar-refractivity contribution in [2.24, 2.45) is 11.8 Å². The summed E-state index contributed by atoms with van der Waals surface area (Å²) in [4.78, 5) is 2.79. The molecule has 2 unspecified atom stereocenters. The predicted molar refractivity (Wildman–Crippen MR) is 50.0 cm³/mol. The molecule has 0 bridgehead atoms. The highest BCUT2D eigenvalue weighted by molar-refractivity contribution is 4.98. The lowest BCUT2D eigenvalue weighted by Gasteiger charge is -2.31. The molecule has 12 heavy (non-hydrogen) atoms. The standard InChI is InChI=1S/C11H19N/c1-2-4-11(5-3-1)12-7-9-6-10(9)8-12/h9-11H,1-8H2. The molecular formula is C11H19N. The first-order valence-electron chi connectivity index (χ1n) is 5.67. The number of fused-ring (bicyclic) bond motifs is 1. The van der Waals surface area contributed by atoms with E-state index in [1.807, 2.05) is 0 Å². The minimum absolute atomic E-state index is 0.992. The first kappa shape index (κ1) is 7.37. The lowest BCUT2D eigenvalue weighted by molar-refractivity contribution is 0.174. The van der Waals surface area contributed by atoms with Crippen LogP contribution in [0.25, 0.3) is 0 Å². The van der Waals surface area contributed by atoms with Gasteiger partial charge in [-0.25, -0.2) is 0 Å². The van der Waals surface area contributed by atoms with Gasteiger partial charge < -0.3 is 0 Å². The number of hydrogen-bond donors (Lipinski definition) is 0. The van der Waals surface area contributed by atoms with Crippen molar-refractivity contribution < 1.29 is 0 Å². The molecule has 1 saturated heterocycles. The summed E-state index contributed by atoms with van der Waals surface area (Å²) in [6, 6.07) is 0.992. The highest BCUT2D eigenvalue weighted by atomic mass is 15.2. The maximum atomic E-state index is 2.79. The van der Waals surface area contributed by atoms with Crippen LogP contribution in [0.1, 0.15) is 38.5 Å². The van der Waals surface area contributed by atoms with Gasteiger partial charge in [-0.2, -0.15) is 0 Å². The molecule has 3 aliphatic rings. The van der Waals surface area contributed by atoms with Crippen LogP contribution in [0.15, 0.2) is 0 Å². The van der Waals surface area contributed by atoms with Gasteiger partial charge in [0.25, 0.3) is 0 Å². The van der Waals surface area contributed by atoms with Crippen LogP contribution in [0.5, 0.6) is 0 Å². The summed E-state index contributed by atoms with van der Waals surface area (Å²) in [6.07, 6.45) is 9.05. The topological polar surface area (TPSA) is 3.24 Å². The average Bonchev–Trinajstić information content (AvgIpc) is 2.75. The summed E-state index contributed by atoms with van der Waals surface area (Å²) in [7, 11) is 0. The van der Waals surface area contributed by atoms with E-state index in [2.05, 4.69) is 4.90 Å². The Kier molecular flexibility index (Phi) is 1.68. The van der Waals surface area contributed by atoms with Gasteiger partial charge >= 0.3 is 0 Å². The van der Waals surface area contributed by atoms with Gasteiger partial charge in [0.2, 0.25) is 0 Å². The van der Waals surface area contributed by atoms with Gasteiger partial charge in [0.1, 0.15) is 0 Å². The van der Waals surface area contributed by atoms with Crippen LogP contribution >= 0.6 is 0 Å². The fraction of sp³-hybridized carbons (Fsp3) is 1.00. The Bertz CT molecular complexity index is 162. The summed E-state index contributed by atoms with van der Waals surface area (Å²) in [5.74, 6) is 2.26. The second-order valence-electron chi connectivity index (χ2n) is 5.00. The Labute approximate surface area is 75.1 Å². The lowest BCUT2D eigenvalue weighted by Crippen LogP contribution is -2.36. The van der Waals surface area contributed by atoms with Crippen molar-refractivity contribution in [1.82, 2.24) is 4.90 Å². The minimum Gasteiger partial charge on any atom is -0.300 e. The van der Waals surface area contributed by atoms with Crippen molar-refractivity contribution in [2.75, 3.05) is 13.1 Å². The number of piperidine rings is 1. The summed E-state index contributed by atoms with van der Waals surface area (Å²) >= 11 is 0. The van der Waals surface area contributed by atoms with Crippen LogP contribution in [0.4, 0.5) is 0 Å². The summed E-state index contributed by atoms with van der Waals surface area (Å²) in [5, 5.41) is 0. The second-order valence-corrected chi connectivity index (χ2v) is 5.00. The molecule has 0 aromatic carbocycles. The number of rotatable bonds is 1. The minimum atomic E-state index is 0.992. The van der Waals surface area contributed by atoms with Crippen LogP contribution in [-0.4, -0.2) is 24.0 Å². The van der Waals surface area contributed by atoms with Crippen LogP contribution < -0.4 is 0 Å². The first-order chi connectivity index (χ1) is 5.93. The van der Waals surface area contributed by atoms with Gasteiger partial charge in [-0.3, -0.25) is 4.90 Å². The Morgan fingerprint density at radius 3 is 2.17 bits per heavy atom. The zero-order valence-corrected chi connectivity index (χ0v) is 7.84. The second kappa shape index (κ2) is 2.73. The number of likely N-dealkylation sites (tertiary alicyclic amines) is 1. The predicted octanol–water partition coefficient (Wildman–Crippen LogP) is 2.27. The molecule has 2 atom stereocenters. The molecule has 0 amide bonds. The number of nitrogens with zero attached hydrogens (tertiary/aromatic N) is 1. The Morgan fingerprint density at radius 2 is 1.50 bits per heavy atom. The molecule has 3 fully saturated rings. The van der Waals surface area contributed by atoms with E-state index in [0.717, 1.165) is 17.9 Å². The van der Waals surface area contributed by atoms with E-state index in [-0.39, 0.29) is 0 Å². The van der Waals surface area contributed by atoms with E-state index < -0.39 is 0 Å². The lowest BCUT2D eigenvalue weighted by atomic mass is 9.94. The Hall–Kier alpha value is -0.0400. The van der Waals surface area contributed by atoms with E-state index in [1.165, 1.54) is 45.2 Å². The molecule has 1 heteroatoms. The molecule has 0 spiro atoms.